The highest BCUT2D eigenvalue weighted by Crippen LogP contribution is 2.41. The SMILES string of the molecule is CC(C)SCC1CC(=O)c2c([nH]c(-c3ccnc(NC(=O)c4cncs4)c3)c2Nc2ccccc2)C1. The molecule has 0 saturated carbocycles. The highest BCUT2D eigenvalue weighted by Gasteiger charge is 2.32. The first-order valence-electron chi connectivity index (χ1n) is 11.9. The van der Waals surface area contributed by atoms with Gasteiger partial charge in [0.1, 0.15) is 10.7 Å². The van der Waals surface area contributed by atoms with Gasteiger partial charge in [-0.05, 0) is 47.6 Å². The van der Waals surface area contributed by atoms with Gasteiger partial charge in [0.2, 0.25) is 0 Å². The Morgan fingerprint density at radius 1 is 1.22 bits per heavy atom. The standard InChI is InChI=1S/C27H27N5O2S2/c1-16(2)35-14-17-10-20-24(21(33)11-17)26(30-19-6-4-3-5-7-19)25(31-20)18-8-9-29-23(12-18)32-27(34)22-13-28-15-36-22/h3-9,12-13,15-17,30-31H,10-11,14H2,1-2H3,(H,29,32,34). The Kier molecular flexibility index (Phi) is 7.20. The molecule has 9 heteroatoms. The molecule has 1 aliphatic carbocycles. The van der Waals surface area contributed by atoms with E-state index >= 15 is 0 Å². The van der Waals surface area contributed by atoms with Crippen molar-refractivity contribution in [3.05, 3.63) is 76.5 Å². The van der Waals surface area contributed by atoms with Crippen LogP contribution in [0.15, 0.2) is 60.4 Å². The Balaban J connectivity index is 1.50. The first-order chi connectivity index (χ1) is 17.5. The number of aromatic nitrogens is 3. The van der Waals surface area contributed by atoms with Gasteiger partial charge in [0.25, 0.3) is 5.91 Å². The number of amides is 1. The summed E-state index contributed by atoms with van der Waals surface area (Å²) in [6.07, 6.45) is 4.56. The molecule has 0 saturated heterocycles. The highest BCUT2D eigenvalue weighted by atomic mass is 32.2. The number of ketones is 1. The smallest absolute Gasteiger partial charge is 0.268 e. The monoisotopic (exact) mass is 517 g/mol. The number of thiazole rings is 1. The number of carbonyl (C=O) groups is 2. The fourth-order valence-electron chi connectivity index (χ4n) is 4.35. The van der Waals surface area contributed by atoms with E-state index < -0.39 is 0 Å². The number of hydrogen-bond donors (Lipinski definition) is 3. The van der Waals surface area contributed by atoms with E-state index in [1.807, 2.05) is 54.2 Å². The molecule has 0 spiro atoms. The van der Waals surface area contributed by atoms with Crippen molar-refractivity contribution in [2.75, 3.05) is 16.4 Å². The van der Waals surface area contributed by atoms with Crippen LogP contribution in [0, 0.1) is 5.92 Å². The fourth-order valence-corrected chi connectivity index (χ4v) is 5.76. The van der Waals surface area contributed by atoms with Gasteiger partial charge in [-0.1, -0.05) is 32.0 Å². The second-order valence-electron chi connectivity index (χ2n) is 9.05. The second-order valence-corrected chi connectivity index (χ2v) is 11.5. The molecule has 3 aromatic heterocycles. The summed E-state index contributed by atoms with van der Waals surface area (Å²) in [4.78, 5) is 38.3. The summed E-state index contributed by atoms with van der Waals surface area (Å²) in [5.41, 5.74) is 6.62. The summed E-state index contributed by atoms with van der Waals surface area (Å²) in [7, 11) is 0. The van der Waals surface area contributed by atoms with E-state index in [2.05, 4.69) is 39.4 Å². The molecule has 1 atom stereocenters. The van der Waals surface area contributed by atoms with Crippen LogP contribution < -0.4 is 10.6 Å². The van der Waals surface area contributed by atoms with Gasteiger partial charge >= 0.3 is 0 Å². The summed E-state index contributed by atoms with van der Waals surface area (Å²) in [5, 5.41) is 6.86. The number of fused-ring (bicyclic) bond motifs is 1. The quantitative estimate of drug-likeness (QED) is 0.250. The lowest BCUT2D eigenvalue weighted by Gasteiger charge is -2.22. The van der Waals surface area contributed by atoms with Crippen LogP contribution in [0.1, 0.15) is 46.0 Å². The first-order valence-corrected chi connectivity index (χ1v) is 13.8. The fraction of sp³-hybridized carbons (Fsp3) is 0.259. The number of carbonyl (C=O) groups excluding carboxylic acids is 2. The lowest BCUT2D eigenvalue weighted by molar-refractivity contribution is 0.0954. The van der Waals surface area contributed by atoms with E-state index in [1.54, 1.807) is 11.7 Å². The van der Waals surface area contributed by atoms with Gasteiger partial charge in [-0.15, -0.1) is 11.3 Å². The molecule has 4 aromatic rings. The normalized spacial score (nSPS) is 15.1. The average molecular weight is 518 g/mol. The van der Waals surface area contributed by atoms with Gasteiger partial charge in [0.05, 0.1) is 28.7 Å². The Labute approximate surface area is 218 Å². The molecule has 1 aliphatic rings. The van der Waals surface area contributed by atoms with E-state index in [0.717, 1.165) is 46.1 Å². The maximum absolute atomic E-state index is 13.4. The van der Waals surface area contributed by atoms with Crippen LogP contribution in [-0.4, -0.2) is 37.6 Å². The lowest BCUT2D eigenvalue weighted by atomic mass is 9.87. The van der Waals surface area contributed by atoms with Crippen LogP contribution in [0.5, 0.6) is 0 Å². The van der Waals surface area contributed by atoms with Crippen molar-refractivity contribution in [3.63, 3.8) is 0 Å². The Hall–Kier alpha value is -3.43. The number of Topliss-reactive ketones (excluding diaryl/α,β-unsaturated/α-hetero) is 1. The number of anilines is 3. The highest BCUT2D eigenvalue weighted by molar-refractivity contribution is 7.99. The van der Waals surface area contributed by atoms with E-state index in [4.69, 9.17) is 0 Å². The van der Waals surface area contributed by atoms with Gasteiger partial charge in [0, 0.05) is 29.6 Å². The molecule has 3 N–H and O–H groups in total. The van der Waals surface area contributed by atoms with Gasteiger partial charge in [-0.2, -0.15) is 11.8 Å². The van der Waals surface area contributed by atoms with Crippen LogP contribution in [0.2, 0.25) is 0 Å². The molecule has 0 aliphatic heterocycles. The summed E-state index contributed by atoms with van der Waals surface area (Å²) >= 11 is 3.17. The molecule has 0 fully saturated rings. The zero-order chi connectivity index (χ0) is 25.1. The topological polar surface area (TPSA) is 99.8 Å². The molecular formula is C27H27N5O2S2. The third kappa shape index (κ3) is 5.37. The first kappa shape index (κ1) is 24.3. The molecule has 1 amide bonds. The summed E-state index contributed by atoms with van der Waals surface area (Å²) in [6.45, 7) is 4.37. The predicted octanol–water partition coefficient (Wildman–Crippen LogP) is 6.42. The van der Waals surface area contributed by atoms with Crippen LogP contribution in [-0.2, 0) is 6.42 Å². The Morgan fingerprint density at radius 2 is 2.06 bits per heavy atom. The number of para-hydroxylation sites is 1. The van der Waals surface area contributed by atoms with Crippen LogP contribution >= 0.6 is 23.1 Å². The third-order valence-electron chi connectivity index (χ3n) is 5.98. The third-order valence-corrected chi connectivity index (χ3v) is 8.08. The number of pyridine rings is 1. The van der Waals surface area contributed by atoms with Crippen molar-refractivity contribution in [2.24, 2.45) is 5.92 Å². The number of hydrogen-bond acceptors (Lipinski definition) is 7. The van der Waals surface area contributed by atoms with E-state index in [-0.39, 0.29) is 11.7 Å². The Morgan fingerprint density at radius 3 is 2.81 bits per heavy atom. The number of rotatable bonds is 8. The van der Waals surface area contributed by atoms with Crippen molar-refractivity contribution in [1.82, 2.24) is 15.0 Å². The average Bonchev–Trinajstić information content (AvgIpc) is 3.53. The number of nitrogens with zero attached hydrogens (tertiary/aromatic N) is 2. The van der Waals surface area contributed by atoms with Crippen molar-refractivity contribution in [3.8, 4) is 11.3 Å². The van der Waals surface area contributed by atoms with Gasteiger partial charge in [-0.3, -0.25) is 14.6 Å². The number of benzene rings is 1. The predicted molar refractivity (Wildman–Crippen MR) is 148 cm³/mol. The van der Waals surface area contributed by atoms with Crippen molar-refractivity contribution < 1.29 is 9.59 Å². The van der Waals surface area contributed by atoms with E-state index in [0.29, 0.717) is 28.3 Å². The zero-order valence-corrected chi connectivity index (χ0v) is 21.7. The van der Waals surface area contributed by atoms with Crippen LogP contribution in [0.25, 0.3) is 11.3 Å². The minimum absolute atomic E-state index is 0.152. The number of H-pyrrole nitrogens is 1. The van der Waals surface area contributed by atoms with E-state index in [9.17, 15) is 9.59 Å². The molecule has 1 unspecified atom stereocenters. The molecular weight excluding hydrogens is 490 g/mol. The minimum atomic E-state index is -0.253. The molecule has 1 aromatic carbocycles. The number of aromatic amines is 1. The maximum atomic E-state index is 13.4. The van der Waals surface area contributed by atoms with E-state index in [1.165, 1.54) is 17.5 Å². The van der Waals surface area contributed by atoms with Crippen molar-refractivity contribution in [1.29, 1.82) is 0 Å². The second kappa shape index (κ2) is 10.7. The van der Waals surface area contributed by atoms with Gasteiger partial charge in [0.15, 0.2) is 5.78 Å². The summed E-state index contributed by atoms with van der Waals surface area (Å²) < 4.78 is 0. The minimum Gasteiger partial charge on any atom is -0.356 e. The number of nitrogens with one attached hydrogen (secondary N) is 3. The van der Waals surface area contributed by atoms with Crippen LogP contribution in [0.3, 0.4) is 0 Å². The molecule has 184 valence electrons. The molecule has 0 bridgehead atoms. The summed E-state index contributed by atoms with van der Waals surface area (Å²) in [6, 6.07) is 13.5. The van der Waals surface area contributed by atoms with Gasteiger partial charge in [-0.25, -0.2) is 4.98 Å². The molecule has 3 heterocycles. The number of thioether (sulfide) groups is 1. The Bertz CT molecular complexity index is 1370. The molecule has 7 nitrogen and oxygen atoms in total. The molecule has 36 heavy (non-hydrogen) atoms. The van der Waals surface area contributed by atoms with Crippen molar-refractivity contribution in [2.45, 2.75) is 31.9 Å². The maximum Gasteiger partial charge on any atom is 0.268 e. The largest absolute Gasteiger partial charge is 0.356 e. The lowest BCUT2D eigenvalue weighted by Crippen LogP contribution is -2.22. The van der Waals surface area contributed by atoms with Gasteiger partial charge < -0.3 is 15.6 Å². The molecule has 5 rings (SSSR count). The zero-order valence-electron chi connectivity index (χ0n) is 20.1. The molecule has 0 radical (unpaired) electrons. The van der Waals surface area contributed by atoms with Crippen molar-refractivity contribution >= 4 is 52.0 Å². The van der Waals surface area contributed by atoms with Crippen LogP contribution in [0.4, 0.5) is 17.2 Å². The summed E-state index contributed by atoms with van der Waals surface area (Å²) in [5.74, 6) is 1.60.